The van der Waals surface area contributed by atoms with Crippen molar-refractivity contribution in [3.05, 3.63) is 17.7 Å². The highest BCUT2D eigenvalue weighted by Crippen LogP contribution is 2.64. The van der Waals surface area contributed by atoms with Gasteiger partial charge in [-0.15, -0.1) is 0 Å². The quantitative estimate of drug-likeness (QED) is 0.577. The number of fused-ring (bicyclic) bond motifs is 2. The molecule has 3 saturated carbocycles. The van der Waals surface area contributed by atoms with Crippen LogP contribution in [-0.4, -0.2) is 23.7 Å². The Morgan fingerprint density at radius 1 is 0.929 bits per heavy atom. The van der Waals surface area contributed by atoms with E-state index in [-0.39, 0.29) is 52.6 Å². The molecular formula is C21H24O7. The maximum absolute atomic E-state index is 12.6. The number of ketones is 1. The van der Waals surface area contributed by atoms with E-state index in [9.17, 15) is 19.2 Å². The molecule has 0 heterocycles. The molecule has 4 rings (SSSR count). The molecule has 150 valence electrons. The maximum Gasteiger partial charge on any atom is 0.308 e. The predicted molar refractivity (Wildman–Crippen MR) is 98.1 cm³/mol. The van der Waals surface area contributed by atoms with E-state index in [0.29, 0.717) is 5.56 Å². The van der Waals surface area contributed by atoms with Crippen molar-refractivity contribution < 1.29 is 33.4 Å². The molecule has 3 aliphatic carbocycles. The van der Waals surface area contributed by atoms with Crippen molar-refractivity contribution in [2.24, 2.45) is 17.3 Å². The highest BCUT2D eigenvalue weighted by molar-refractivity contribution is 5.86. The third-order valence-electron chi connectivity index (χ3n) is 5.86. The Morgan fingerprint density at radius 2 is 1.43 bits per heavy atom. The maximum atomic E-state index is 12.6. The molecule has 7 heteroatoms. The molecule has 3 atom stereocenters. The average Bonchev–Trinajstić information content (AvgIpc) is 2.51. The van der Waals surface area contributed by atoms with Crippen molar-refractivity contribution in [1.29, 1.82) is 0 Å². The molecule has 0 amide bonds. The summed E-state index contributed by atoms with van der Waals surface area (Å²) in [6, 6.07) is 2.85. The fraction of sp³-hybridized carbons (Fsp3) is 0.524. The summed E-state index contributed by atoms with van der Waals surface area (Å²) in [5.74, 6) is -1.22. The molecule has 0 N–H and O–H groups in total. The molecule has 2 bridgehead atoms. The summed E-state index contributed by atoms with van der Waals surface area (Å²) >= 11 is 0. The monoisotopic (exact) mass is 388 g/mol. The zero-order valence-electron chi connectivity index (χ0n) is 16.7. The van der Waals surface area contributed by atoms with Crippen LogP contribution >= 0.6 is 0 Å². The Balaban J connectivity index is 2.16. The van der Waals surface area contributed by atoms with Crippen LogP contribution in [0.5, 0.6) is 17.2 Å². The summed E-state index contributed by atoms with van der Waals surface area (Å²) in [6.07, 6.45) is 1.04. The molecule has 0 spiro atoms. The van der Waals surface area contributed by atoms with E-state index in [0.717, 1.165) is 6.42 Å². The van der Waals surface area contributed by atoms with E-state index in [1.165, 1.54) is 32.9 Å². The van der Waals surface area contributed by atoms with E-state index < -0.39 is 17.9 Å². The molecule has 0 saturated heterocycles. The third kappa shape index (κ3) is 3.53. The van der Waals surface area contributed by atoms with E-state index in [4.69, 9.17) is 14.2 Å². The van der Waals surface area contributed by atoms with Crippen LogP contribution in [0.4, 0.5) is 0 Å². The van der Waals surface area contributed by atoms with Gasteiger partial charge in [-0.25, -0.2) is 0 Å². The number of esters is 3. The number of rotatable bonds is 4. The number of hydrogen-bond donors (Lipinski definition) is 0. The lowest BCUT2D eigenvalue weighted by Gasteiger charge is -2.59. The summed E-state index contributed by atoms with van der Waals surface area (Å²) in [6.45, 7) is 7.86. The molecule has 7 nitrogen and oxygen atoms in total. The van der Waals surface area contributed by atoms with Crippen molar-refractivity contribution in [2.75, 3.05) is 0 Å². The predicted octanol–water partition coefficient (Wildman–Crippen LogP) is 3.18. The van der Waals surface area contributed by atoms with Gasteiger partial charge in [0.2, 0.25) is 0 Å². The van der Waals surface area contributed by atoms with Crippen LogP contribution < -0.4 is 14.2 Å². The first kappa shape index (κ1) is 20.0. The lowest BCUT2D eigenvalue weighted by Crippen LogP contribution is -2.56. The van der Waals surface area contributed by atoms with Gasteiger partial charge in [0.15, 0.2) is 0 Å². The normalized spacial score (nSPS) is 24.8. The Hall–Kier alpha value is -2.70. The summed E-state index contributed by atoms with van der Waals surface area (Å²) < 4.78 is 15.9. The second kappa shape index (κ2) is 7.04. The fourth-order valence-corrected chi connectivity index (χ4v) is 4.64. The first-order valence-corrected chi connectivity index (χ1v) is 9.26. The first-order valence-electron chi connectivity index (χ1n) is 9.26. The Bertz CT molecular complexity index is 831. The van der Waals surface area contributed by atoms with Crippen LogP contribution in [0, 0.1) is 17.3 Å². The second-order valence-electron chi connectivity index (χ2n) is 8.11. The van der Waals surface area contributed by atoms with Crippen LogP contribution in [0.3, 0.4) is 0 Å². The first-order chi connectivity index (χ1) is 13.0. The van der Waals surface area contributed by atoms with Crippen LogP contribution in [0.15, 0.2) is 12.1 Å². The van der Waals surface area contributed by atoms with Gasteiger partial charge in [0.1, 0.15) is 23.0 Å². The number of ether oxygens (including phenoxy) is 3. The SMILES string of the molecule is CC(=O)Oc1cc(OC(C)=O)c([C@@H]2CC(=O)[C@@H]3C[C@H]2C3(C)C)c(OC(C)=O)c1. The Morgan fingerprint density at radius 3 is 1.82 bits per heavy atom. The number of hydrogen-bond acceptors (Lipinski definition) is 7. The molecule has 28 heavy (non-hydrogen) atoms. The Kier molecular flexibility index (Phi) is 5.04. The molecule has 0 radical (unpaired) electrons. The minimum Gasteiger partial charge on any atom is -0.426 e. The van der Waals surface area contributed by atoms with Gasteiger partial charge in [-0.2, -0.15) is 0 Å². The lowest BCUT2D eigenvalue weighted by atomic mass is 9.44. The molecule has 0 aliphatic heterocycles. The van der Waals surface area contributed by atoms with Crippen molar-refractivity contribution in [3.63, 3.8) is 0 Å². The van der Waals surface area contributed by atoms with Gasteiger partial charge in [-0.1, -0.05) is 13.8 Å². The van der Waals surface area contributed by atoms with Crippen LogP contribution in [0.25, 0.3) is 0 Å². The molecule has 0 unspecified atom stereocenters. The van der Waals surface area contributed by atoms with Gasteiger partial charge in [0.05, 0.1) is 0 Å². The molecule has 3 aliphatic rings. The smallest absolute Gasteiger partial charge is 0.308 e. The van der Waals surface area contributed by atoms with Gasteiger partial charge in [0, 0.05) is 56.7 Å². The van der Waals surface area contributed by atoms with Gasteiger partial charge in [0.25, 0.3) is 0 Å². The second-order valence-corrected chi connectivity index (χ2v) is 8.11. The number of carbonyl (C=O) groups excluding carboxylic acids is 4. The number of benzene rings is 1. The van der Waals surface area contributed by atoms with E-state index >= 15 is 0 Å². The molecule has 0 aromatic heterocycles. The molecular weight excluding hydrogens is 364 g/mol. The summed E-state index contributed by atoms with van der Waals surface area (Å²) in [5.41, 5.74) is 0.307. The average molecular weight is 388 g/mol. The van der Waals surface area contributed by atoms with Crippen LogP contribution in [0.1, 0.15) is 58.9 Å². The third-order valence-corrected chi connectivity index (χ3v) is 5.86. The minimum atomic E-state index is -0.567. The number of Topliss-reactive ketones (excluding diaryl/α,β-unsaturated/α-hetero) is 1. The number of carbonyl (C=O) groups is 4. The zero-order valence-corrected chi connectivity index (χ0v) is 16.7. The van der Waals surface area contributed by atoms with Gasteiger partial charge >= 0.3 is 17.9 Å². The van der Waals surface area contributed by atoms with Gasteiger partial charge < -0.3 is 14.2 Å². The summed E-state index contributed by atoms with van der Waals surface area (Å²) in [7, 11) is 0. The lowest BCUT2D eigenvalue weighted by molar-refractivity contribution is -0.151. The minimum absolute atomic E-state index is 0.0309. The highest BCUT2D eigenvalue weighted by Gasteiger charge is 2.59. The van der Waals surface area contributed by atoms with E-state index in [2.05, 4.69) is 13.8 Å². The van der Waals surface area contributed by atoms with Gasteiger partial charge in [-0.3, -0.25) is 19.2 Å². The molecule has 1 aromatic rings. The molecule has 3 fully saturated rings. The topological polar surface area (TPSA) is 96.0 Å². The molecule has 1 aromatic carbocycles. The van der Waals surface area contributed by atoms with Crippen LogP contribution in [-0.2, 0) is 19.2 Å². The van der Waals surface area contributed by atoms with Gasteiger partial charge in [-0.05, 0) is 17.8 Å². The van der Waals surface area contributed by atoms with Crippen molar-refractivity contribution in [1.82, 2.24) is 0 Å². The summed E-state index contributed by atoms with van der Waals surface area (Å²) in [5, 5.41) is 0. The largest absolute Gasteiger partial charge is 0.426 e. The standard InChI is InChI=1S/C21H24O7/c1-10(22)26-13-6-18(27-11(2)23)20(19(7-13)28-12(3)24)14-8-17(25)16-9-15(14)21(16,4)5/h6-7,14-16H,8-9H2,1-5H3/t14-,15-,16+/m1/s1. The zero-order chi connectivity index (χ0) is 20.8. The van der Waals surface area contributed by atoms with E-state index in [1.807, 2.05) is 0 Å². The van der Waals surface area contributed by atoms with Crippen molar-refractivity contribution in [2.45, 2.75) is 53.4 Å². The summed E-state index contributed by atoms with van der Waals surface area (Å²) in [4.78, 5) is 47.4. The van der Waals surface area contributed by atoms with Crippen LogP contribution in [0.2, 0.25) is 0 Å². The fourth-order valence-electron chi connectivity index (χ4n) is 4.64. The van der Waals surface area contributed by atoms with Crippen molar-refractivity contribution >= 4 is 23.7 Å². The van der Waals surface area contributed by atoms with Crippen molar-refractivity contribution in [3.8, 4) is 17.2 Å². The Labute approximate surface area is 163 Å². The van der Waals surface area contributed by atoms with E-state index in [1.54, 1.807) is 0 Å². The highest BCUT2D eigenvalue weighted by atomic mass is 16.6.